The van der Waals surface area contributed by atoms with Crippen molar-refractivity contribution >= 4 is 11.6 Å². The second-order valence-corrected chi connectivity index (χ2v) is 5.06. The number of carbonyl (C=O) groups is 2. The highest BCUT2D eigenvalue weighted by molar-refractivity contribution is 6.09. The van der Waals surface area contributed by atoms with Crippen molar-refractivity contribution in [2.75, 3.05) is 0 Å². The second kappa shape index (κ2) is 5.46. The van der Waals surface area contributed by atoms with Gasteiger partial charge in [-0.1, -0.05) is 19.8 Å². The van der Waals surface area contributed by atoms with Crippen LogP contribution in [0.5, 0.6) is 0 Å². The summed E-state index contributed by atoms with van der Waals surface area (Å²) in [5.41, 5.74) is 1.41. The summed E-state index contributed by atoms with van der Waals surface area (Å²) in [5.74, 6) is 0.163. The van der Waals surface area contributed by atoms with Crippen molar-refractivity contribution in [2.24, 2.45) is 13.0 Å². The Hall–Kier alpha value is -1.45. The maximum absolute atomic E-state index is 12.1. The lowest BCUT2D eigenvalue weighted by Crippen LogP contribution is -2.16. The molecule has 1 saturated carbocycles. The first-order chi connectivity index (χ1) is 8.61. The van der Waals surface area contributed by atoms with E-state index in [1.807, 2.05) is 6.92 Å². The molecule has 2 rings (SSSR count). The molecule has 18 heavy (non-hydrogen) atoms. The Bertz CT molecular complexity index is 456. The summed E-state index contributed by atoms with van der Waals surface area (Å²) in [5, 5.41) is 4.24. The average Bonchev–Trinajstić information content (AvgIpc) is 2.96. The lowest BCUT2D eigenvalue weighted by atomic mass is 9.96. The van der Waals surface area contributed by atoms with Crippen LogP contribution in [0.2, 0.25) is 0 Å². The molecule has 98 valence electrons. The molecule has 0 radical (unpaired) electrons. The highest BCUT2D eigenvalue weighted by atomic mass is 16.1. The molecule has 0 atom stereocenters. The molecule has 0 unspecified atom stereocenters. The standard InChI is InChI=1S/C14H20N2O2/c1-3-12-11(9-16(2)15-12)14(18)8-13(17)10-6-4-5-7-10/h9-10H,3-8H2,1-2H3. The first kappa shape index (κ1) is 13.0. The molecule has 1 aromatic rings. The zero-order valence-corrected chi connectivity index (χ0v) is 11.1. The van der Waals surface area contributed by atoms with Gasteiger partial charge >= 0.3 is 0 Å². The van der Waals surface area contributed by atoms with Gasteiger partial charge in [-0.2, -0.15) is 5.10 Å². The van der Waals surface area contributed by atoms with Crippen molar-refractivity contribution in [3.8, 4) is 0 Å². The number of hydrogen-bond acceptors (Lipinski definition) is 3. The molecule has 0 aliphatic heterocycles. The van der Waals surface area contributed by atoms with E-state index in [0.29, 0.717) is 5.56 Å². The number of ketones is 2. The van der Waals surface area contributed by atoms with Crippen LogP contribution in [0, 0.1) is 5.92 Å². The first-order valence-corrected chi connectivity index (χ1v) is 6.70. The summed E-state index contributed by atoms with van der Waals surface area (Å²) < 4.78 is 1.64. The van der Waals surface area contributed by atoms with Crippen LogP contribution in [0.4, 0.5) is 0 Å². The number of aryl methyl sites for hydroxylation is 2. The molecule has 1 aliphatic rings. The van der Waals surface area contributed by atoms with E-state index in [1.54, 1.807) is 17.9 Å². The number of Topliss-reactive ketones (excluding diaryl/α,β-unsaturated/α-hetero) is 2. The van der Waals surface area contributed by atoms with E-state index in [1.165, 1.54) is 0 Å². The van der Waals surface area contributed by atoms with Crippen LogP contribution in [0.3, 0.4) is 0 Å². The van der Waals surface area contributed by atoms with Gasteiger partial charge in [0.2, 0.25) is 0 Å². The third-order valence-corrected chi connectivity index (χ3v) is 3.69. The zero-order valence-electron chi connectivity index (χ0n) is 11.1. The fraction of sp³-hybridized carbons (Fsp3) is 0.643. The summed E-state index contributed by atoms with van der Waals surface area (Å²) in [6, 6.07) is 0. The fourth-order valence-electron chi connectivity index (χ4n) is 2.67. The maximum atomic E-state index is 12.1. The van der Waals surface area contributed by atoms with E-state index in [4.69, 9.17) is 0 Å². The summed E-state index contributed by atoms with van der Waals surface area (Å²) >= 11 is 0. The van der Waals surface area contributed by atoms with Gasteiger partial charge in [-0.05, 0) is 19.3 Å². The quantitative estimate of drug-likeness (QED) is 0.593. The molecule has 1 heterocycles. The molecule has 1 fully saturated rings. The van der Waals surface area contributed by atoms with Crippen LogP contribution >= 0.6 is 0 Å². The van der Waals surface area contributed by atoms with E-state index >= 15 is 0 Å². The number of aromatic nitrogens is 2. The minimum absolute atomic E-state index is 0.0450. The average molecular weight is 248 g/mol. The Morgan fingerprint density at radius 3 is 2.67 bits per heavy atom. The molecule has 0 spiro atoms. The van der Waals surface area contributed by atoms with Gasteiger partial charge in [0.05, 0.1) is 17.7 Å². The first-order valence-electron chi connectivity index (χ1n) is 6.70. The van der Waals surface area contributed by atoms with Gasteiger partial charge in [0.25, 0.3) is 0 Å². The van der Waals surface area contributed by atoms with Gasteiger partial charge in [-0.25, -0.2) is 0 Å². The number of rotatable bonds is 5. The monoisotopic (exact) mass is 248 g/mol. The number of carbonyl (C=O) groups excluding carboxylic acids is 2. The van der Waals surface area contributed by atoms with Gasteiger partial charge in [0, 0.05) is 19.2 Å². The third kappa shape index (κ3) is 2.68. The van der Waals surface area contributed by atoms with Crippen molar-refractivity contribution < 1.29 is 9.59 Å². The van der Waals surface area contributed by atoms with Crippen molar-refractivity contribution in [3.05, 3.63) is 17.5 Å². The van der Waals surface area contributed by atoms with Crippen LogP contribution in [-0.2, 0) is 18.3 Å². The van der Waals surface area contributed by atoms with Gasteiger partial charge in [-0.3, -0.25) is 14.3 Å². The lowest BCUT2D eigenvalue weighted by Gasteiger charge is -2.06. The second-order valence-electron chi connectivity index (χ2n) is 5.06. The molecule has 1 aliphatic carbocycles. The minimum atomic E-state index is -0.0724. The molecule has 4 nitrogen and oxygen atoms in total. The SMILES string of the molecule is CCc1nn(C)cc1C(=O)CC(=O)C1CCCC1. The van der Waals surface area contributed by atoms with Crippen molar-refractivity contribution in [1.82, 2.24) is 9.78 Å². The molecule has 0 aromatic carbocycles. The smallest absolute Gasteiger partial charge is 0.173 e. The van der Waals surface area contributed by atoms with E-state index in [2.05, 4.69) is 5.10 Å². The summed E-state index contributed by atoms with van der Waals surface area (Å²) in [6.07, 6.45) is 6.65. The summed E-state index contributed by atoms with van der Waals surface area (Å²) in [6.45, 7) is 1.97. The van der Waals surface area contributed by atoms with Crippen LogP contribution in [-0.4, -0.2) is 21.3 Å². The Kier molecular flexibility index (Phi) is 3.94. The van der Waals surface area contributed by atoms with Crippen molar-refractivity contribution in [2.45, 2.75) is 45.4 Å². The van der Waals surface area contributed by atoms with Gasteiger partial charge in [-0.15, -0.1) is 0 Å². The molecular formula is C14H20N2O2. The van der Waals surface area contributed by atoms with Crippen LogP contribution in [0.1, 0.15) is 55.1 Å². The largest absolute Gasteiger partial charge is 0.299 e. The Balaban J connectivity index is 2.04. The van der Waals surface area contributed by atoms with Gasteiger partial charge in [0.15, 0.2) is 5.78 Å². The van der Waals surface area contributed by atoms with Gasteiger partial charge < -0.3 is 0 Å². The molecule has 4 heteroatoms. The highest BCUT2D eigenvalue weighted by Gasteiger charge is 2.26. The number of hydrogen-bond donors (Lipinski definition) is 0. The summed E-state index contributed by atoms with van der Waals surface area (Å²) in [7, 11) is 1.80. The Morgan fingerprint density at radius 2 is 2.06 bits per heavy atom. The fourth-order valence-corrected chi connectivity index (χ4v) is 2.67. The summed E-state index contributed by atoms with van der Waals surface area (Å²) in [4.78, 5) is 24.1. The van der Waals surface area contributed by atoms with E-state index in [-0.39, 0.29) is 23.9 Å². The van der Waals surface area contributed by atoms with Gasteiger partial charge in [0.1, 0.15) is 5.78 Å². The van der Waals surface area contributed by atoms with E-state index in [0.717, 1.165) is 37.8 Å². The van der Waals surface area contributed by atoms with Crippen molar-refractivity contribution in [3.63, 3.8) is 0 Å². The molecule has 0 N–H and O–H groups in total. The highest BCUT2D eigenvalue weighted by Crippen LogP contribution is 2.27. The molecule has 0 saturated heterocycles. The molecule has 1 aromatic heterocycles. The zero-order chi connectivity index (χ0) is 13.1. The predicted molar refractivity (Wildman–Crippen MR) is 68.5 cm³/mol. The molecular weight excluding hydrogens is 228 g/mol. The van der Waals surface area contributed by atoms with E-state index in [9.17, 15) is 9.59 Å². The predicted octanol–water partition coefficient (Wildman–Crippen LogP) is 2.31. The van der Waals surface area contributed by atoms with Crippen molar-refractivity contribution in [1.29, 1.82) is 0 Å². The van der Waals surface area contributed by atoms with Crippen LogP contribution in [0.25, 0.3) is 0 Å². The van der Waals surface area contributed by atoms with Crippen LogP contribution in [0.15, 0.2) is 6.20 Å². The lowest BCUT2D eigenvalue weighted by molar-refractivity contribution is -0.121. The number of nitrogens with zero attached hydrogens (tertiary/aromatic N) is 2. The minimum Gasteiger partial charge on any atom is -0.299 e. The molecule has 0 bridgehead atoms. The topological polar surface area (TPSA) is 52.0 Å². The maximum Gasteiger partial charge on any atom is 0.173 e. The van der Waals surface area contributed by atoms with Crippen LogP contribution < -0.4 is 0 Å². The third-order valence-electron chi connectivity index (χ3n) is 3.69. The normalized spacial score (nSPS) is 16.1. The molecule has 0 amide bonds. The van der Waals surface area contributed by atoms with E-state index < -0.39 is 0 Å². The Labute approximate surface area is 107 Å². The Morgan fingerprint density at radius 1 is 1.39 bits per heavy atom.